The van der Waals surface area contributed by atoms with Crippen LogP contribution in [0, 0.1) is 0 Å². The first-order valence-corrected chi connectivity index (χ1v) is 5.20. The molecule has 0 saturated carbocycles. The lowest BCUT2D eigenvalue weighted by atomic mass is 10.1. The van der Waals surface area contributed by atoms with Crippen LogP contribution in [-0.2, 0) is 4.57 Å². The molecule has 0 fully saturated rings. The lowest BCUT2D eigenvalue weighted by molar-refractivity contribution is 0.603. The van der Waals surface area contributed by atoms with Gasteiger partial charge in [0.25, 0.3) is 0 Å². The molecule has 0 unspecified atom stereocenters. The minimum Gasteiger partial charge on any atom is -0.269 e. The molecule has 0 spiro atoms. The first-order chi connectivity index (χ1) is 6.90. The average Bonchev–Trinajstić information content (AvgIpc) is 2.30. The van der Waals surface area contributed by atoms with E-state index in [0.717, 1.165) is 16.4 Å². The zero-order valence-electron chi connectivity index (χ0n) is 7.55. The Kier molecular flexibility index (Phi) is 2.71. The first-order valence-electron chi connectivity index (χ1n) is 4.39. The number of hydrogen-bond acceptors (Lipinski definition) is 1. The van der Waals surface area contributed by atoms with Gasteiger partial charge in [0.2, 0.25) is 0 Å². The highest BCUT2D eigenvalue weighted by Gasteiger charge is 1.97. The summed E-state index contributed by atoms with van der Waals surface area (Å²) in [5.41, 5.74) is 2.25. The second-order valence-corrected chi connectivity index (χ2v) is 3.71. The Hall–Kier alpha value is -1.46. The molecule has 0 heterocycles. The zero-order chi connectivity index (χ0) is 9.80. The van der Waals surface area contributed by atoms with Crippen molar-refractivity contribution in [1.29, 1.82) is 0 Å². The quantitative estimate of drug-likeness (QED) is 0.680. The van der Waals surface area contributed by atoms with Crippen LogP contribution in [0.3, 0.4) is 0 Å². The smallest absolute Gasteiger partial charge is 0.192 e. The second kappa shape index (κ2) is 4.17. The van der Waals surface area contributed by atoms with Gasteiger partial charge in [-0.3, -0.25) is 4.57 Å². The standard InChI is InChI=1S/C12H9OP/c13-14-12-8-4-7-11(9-12)10-5-2-1-3-6-10/h1-9H. The van der Waals surface area contributed by atoms with E-state index in [4.69, 9.17) is 0 Å². The summed E-state index contributed by atoms with van der Waals surface area (Å²) in [6, 6.07) is 17.8. The summed E-state index contributed by atoms with van der Waals surface area (Å²) < 4.78 is 10.7. The van der Waals surface area contributed by atoms with Gasteiger partial charge < -0.3 is 0 Å². The molecular weight excluding hydrogens is 191 g/mol. The van der Waals surface area contributed by atoms with Crippen LogP contribution in [0.1, 0.15) is 0 Å². The predicted molar refractivity (Wildman–Crippen MR) is 59.1 cm³/mol. The van der Waals surface area contributed by atoms with Crippen LogP contribution in [0.2, 0.25) is 0 Å². The third kappa shape index (κ3) is 1.89. The van der Waals surface area contributed by atoms with Crippen LogP contribution in [-0.4, -0.2) is 0 Å². The molecule has 0 N–H and O–H groups in total. The van der Waals surface area contributed by atoms with Crippen molar-refractivity contribution in [2.45, 2.75) is 0 Å². The molecule has 0 atom stereocenters. The lowest BCUT2D eigenvalue weighted by Crippen LogP contribution is -1.90. The van der Waals surface area contributed by atoms with Crippen molar-refractivity contribution in [2.75, 3.05) is 0 Å². The normalized spacial score (nSPS) is 10.3. The average molecular weight is 200 g/mol. The van der Waals surface area contributed by atoms with Gasteiger partial charge in [-0.25, -0.2) is 0 Å². The van der Waals surface area contributed by atoms with Crippen LogP contribution in [0.5, 0.6) is 0 Å². The van der Waals surface area contributed by atoms with Crippen molar-refractivity contribution in [2.24, 2.45) is 0 Å². The van der Waals surface area contributed by atoms with Gasteiger partial charge in [-0.05, 0) is 23.3 Å². The molecule has 0 aliphatic rings. The number of hydrogen-bond donors (Lipinski definition) is 0. The topological polar surface area (TPSA) is 17.1 Å². The van der Waals surface area contributed by atoms with Gasteiger partial charge in [0.1, 0.15) is 0 Å². The Morgan fingerprint density at radius 2 is 1.50 bits per heavy atom. The minimum atomic E-state index is 0.0745. The molecular formula is C12H9OP. The fraction of sp³-hybridized carbons (Fsp3) is 0. The van der Waals surface area contributed by atoms with Crippen LogP contribution < -0.4 is 5.30 Å². The molecule has 1 nitrogen and oxygen atoms in total. The summed E-state index contributed by atoms with van der Waals surface area (Å²) in [5, 5.41) is 0.811. The van der Waals surface area contributed by atoms with E-state index < -0.39 is 0 Å². The van der Waals surface area contributed by atoms with Crippen molar-refractivity contribution in [1.82, 2.24) is 0 Å². The predicted octanol–water partition coefficient (Wildman–Crippen LogP) is 3.27. The molecule has 2 rings (SSSR count). The van der Waals surface area contributed by atoms with Crippen LogP contribution >= 0.6 is 8.46 Å². The minimum absolute atomic E-state index is 0.0745. The maximum Gasteiger partial charge on any atom is 0.192 e. The van der Waals surface area contributed by atoms with E-state index in [-0.39, 0.29) is 8.46 Å². The largest absolute Gasteiger partial charge is 0.269 e. The molecule has 0 bridgehead atoms. The Morgan fingerprint density at radius 1 is 0.786 bits per heavy atom. The van der Waals surface area contributed by atoms with Crippen molar-refractivity contribution in [3.8, 4) is 11.1 Å². The molecule has 0 aliphatic carbocycles. The molecule has 0 aliphatic heterocycles. The van der Waals surface area contributed by atoms with Gasteiger partial charge in [-0.1, -0.05) is 42.5 Å². The van der Waals surface area contributed by atoms with E-state index >= 15 is 0 Å². The van der Waals surface area contributed by atoms with Crippen LogP contribution in [0.15, 0.2) is 54.6 Å². The van der Waals surface area contributed by atoms with Gasteiger partial charge in [0, 0.05) is 5.30 Å². The summed E-state index contributed by atoms with van der Waals surface area (Å²) in [4.78, 5) is 0. The highest BCUT2D eigenvalue weighted by atomic mass is 31.1. The van der Waals surface area contributed by atoms with E-state index in [1.165, 1.54) is 0 Å². The number of benzene rings is 2. The lowest BCUT2D eigenvalue weighted by Gasteiger charge is -2.00. The van der Waals surface area contributed by atoms with Gasteiger partial charge in [-0.15, -0.1) is 0 Å². The second-order valence-electron chi connectivity index (χ2n) is 3.01. The summed E-state index contributed by atoms with van der Waals surface area (Å²) in [6.45, 7) is 0. The van der Waals surface area contributed by atoms with Crippen LogP contribution in [0.25, 0.3) is 11.1 Å². The summed E-state index contributed by atoms with van der Waals surface area (Å²) in [5.74, 6) is 0. The van der Waals surface area contributed by atoms with E-state index in [9.17, 15) is 4.57 Å². The summed E-state index contributed by atoms with van der Waals surface area (Å²) in [7, 11) is 0.0745. The molecule has 0 aromatic heterocycles. The van der Waals surface area contributed by atoms with Gasteiger partial charge in [-0.2, -0.15) is 0 Å². The molecule has 0 amide bonds. The molecule has 14 heavy (non-hydrogen) atoms. The van der Waals surface area contributed by atoms with Crippen molar-refractivity contribution < 1.29 is 4.57 Å². The van der Waals surface area contributed by atoms with E-state index in [2.05, 4.69) is 0 Å². The maximum absolute atomic E-state index is 10.7. The van der Waals surface area contributed by atoms with Gasteiger partial charge in [0.15, 0.2) is 8.46 Å². The van der Waals surface area contributed by atoms with Gasteiger partial charge >= 0.3 is 0 Å². The fourth-order valence-corrected chi connectivity index (χ4v) is 1.71. The molecule has 2 aromatic rings. The highest BCUT2D eigenvalue weighted by Crippen LogP contribution is 2.17. The Morgan fingerprint density at radius 3 is 2.21 bits per heavy atom. The molecule has 68 valence electrons. The van der Waals surface area contributed by atoms with Gasteiger partial charge in [0.05, 0.1) is 0 Å². The zero-order valence-corrected chi connectivity index (χ0v) is 8.45. The number of rotatable bonds is 2. The molecule has 2 heteroatoms. The van der Waals surface area contributed by atoms with Crippen molar-refractivity contribution in [3.05, 3.63) is 54.6 Å². The van der Waals surface area contributed by atoms with Crippen molar-refractivity contribution >= 4 is 13.8 Å². The Labute approximate surface area is 84.6 Å². The summed E-state index contributed by atoms with van der Waals surface area (Å²) in [6.07, 6.45) is 0. The van der Waals surface area contributed by atoms with E-state index in [1.807, 2.05) is 54.6 Å². The molecule has 0 radical (unpaired) electrons. The molecule has 0 saturated heterocycles. The Bertz CT molecular complexity index is 437. The van der Waals surface area contributed by atoms with Crippen molar-refractivity contribution in [3.63, 3.8) is 0 Å². The maximum atomic E-state index is 10.7. The first kappa shape index (κ1) is 9.11. The third-order valence-corrected chi connectivity index (χ3v) is 2.55. The van der Waals surface area contributed by atoms with E-state index in [0.29, 0.717) is 0 Å². The highest BCUT2D eigenvalue weighted by molar-refractivity contribution is 7.34. The molecule has 2 aromatic carbocycles. The monoisotopic (exact) mass is 200 g/mol. The van der Waals surface area contributed by atoms with Crippen LogP contribution in [0.4, 0.5) is 0 Å². The fourth-order valence-electron chi connectivity index (χ4n) is 1.37. The SMILES string of the molecule is O=Pc1cccc(-c2ccccc2)c1. The third-order valence-electron chi connectivity index (χ3n) is 2.06. The Balaban J connectivity index is 2.47. The van der Waals surface area contributed by atoms with E-state index in [1.54, 1.807) is 0 Å². The summed E-state index contributed by atoms with van der Waals surface area (Å²) >= 11 is 0.